The molecule has 1 aliphatic heterocycles. The van der Waals surface area contributed by atoms with E-state index in [0.717, 1.165) is 17.5 Å². The van der Waals surface area contributed by atoms with Gasteiger partial charge >= 0.3 is 0 Å². The monoisotopic (exact) mass is 360 g/mol. The van der Waals surface area contributed by atoms with Gasteiger partial charge in [-0.25, -0.2) is 0 Å². The first-order valence-corrected chi connectivity index (χ1v) is 9.45. The van der Waals surface area contributed by atoms with Crippen molar-refractivity contribution in [3.8, 4) is 5.75 Å². The Morgan fingerprint density at radius 1 is 1.08 bits per heavy atom. The maximum absolute atomic E-state index is 13.2. The molecule has 1 aromatic rings. The molecule has 0 bridgehead atoms. The number of piperazine rings is 1. The van der Waals surface area contributed by atoms with Crippen molar-refractivity contribution in [3.05, 3.63) is 28.8 Å². The molecule has 0 aromatic heterocycles. The van der Waals surface area contributed by atoms with Crippen LogP contribution in [0.25, 0.3) is 0 Å². The van der Waals surface area contributed by atoms with Crippen molar-refractivity contribution in [2.75, 3.05) is 33.3 Å². The minimum absolute atomic E-state index is 0.0151. The van der Waals surface area contributed by atoms with Gasteiger partial charge in [-0.1, -0.05) is 33.8 Å². The van der Waals surface area contributed by atoms with E-state index >= 15 is 0 Å². The topological polar surface area (TPSA) is 49.9 Å². The third-order valence-electron chi connectivity index (χ3n) is 4.86. The molecule has 0 aliphatic carbocycles. The van der Waals surface area contributed by atoms with Gasteiger partial charge in [-0.2, -0.15) is 0 Å². The number of benzene rings is 1. The smallest absolute Gasteiger partial charge is 0.257 e. The number of carbonyl (C=O) groups excluding carboxylic acids is 2. The van der Waals surface area contributed by atoms with E-state index < -0.39 is 0 Å². The van der Waals surface area contributed by atoms with Crippen LogP contribution in [0.4, 0.5) is 0 Å². The molecule has 1 aromatic carbocycles. The molecule has 144 valence electrons. The molecular weight excluding hydrogens is 328 g/mol. The van der Waals surface area contributed by atoms with E-state index in [2.05, 4.69) is 26.8 Å². The van der Waals surface area contributed by atoms with Gasteiger partial charge in [-0.05, 0) is 30.4 Å². The van der Waals surface area contributed by atoms with E-state index in [1.54, 1.807) is 7.11 Å². The zero-order valence-corrected chi connectivity index (χ0v) is 17.0. The Balaban J connectivity index is 2.23. The highest BCUT2D eigenvalue weighted by Gasteiger charge is 2.29. The average molecular weight is 360 g/mol. The van der Waals surface area contributed by atoms with E-state index in [4.69, 9.17) is 4.74 Å². The summed E-state index contributed by atoms with van der Waals surface area (Å²) in [5.74, 6) is 0.832. The van der Waals surface area contributed by atoms with E-state index in [1.165, 1.54) is 0 Å². The Bertz CT molecular complexity index is 669. The molecule has 0 N–H and O–H groups in total. The van der Waals surface area contributed by atoms with Crippen LogP contribution in [0, 0.1) is 6.92 Å². The number of methoxy groups -OCH3 is 1. The number of aryl methyl sites for hydroxylation is 1. The first kappa shape index (κ1) is 20.3. The van der Waals surface area contributed by atoms with Gasteiger partial charge in [0.2, 0.25) is 5.91 Å². The van der Waals surface area contributed by atoms with Gasteiger partial charge in [0, 0.05) is 38.2 Å². The molecule has 1 heterocycles. The number of hydrogen-bond acceptors (Lipinski definition) is 3. The summed E-state index contributed by atoms with van der Waals surface area (Å²) in [6.45, 7) is 12.7. The van der Waals surface area contributed by atoms with E-state index in [1.807, 2.05) is 29.7 Å². The number of nitrogens with zero attached hydrogens (tertiary/aromatic N) is 2. The molecular formula is C21H32N2O3. The minimum atomic E-state index is -0.113. The van der Waals surface area contributed by atoms with Gasteiger partial charge in [0.05, 0.1) is 12.7 Å². The molecule has 26 heavy (non-hydrogen) atoms. The van der Waals surface area contributed by atoms with Crippen molar-refractivity contribution in [2.24, 2.45) is 0 Å². The summed E-state index contributed by atoms with van der Waals surface area (Å²) < 4.78 is 5.65. The van der Waals surface area contributed by atoms with Gasteiger partial charge in [0.1, 0.15) is 5.75 Å². The summed E-state index contributed by atoms with van der Waals surface area (Å²) >= 11 is 0. The van der Waals surface area contributed by atoms with Crippen molar-refractivity contribution >= 4 is 11.8 Å². The van der Waals surface area contributed by atoms with Gasteiger partial charge in [-0.3, -0.25) is 9.59 Å². The maximum Gasteiger partial charge on any atom is 0.257 e. The normalized spacial score (nSPS) is 15.2. The largest absolute Gasteiger partial charge is 0.496 e. The van der Waals surface area contributed by atoms with Crippen LogP contribution in [0.5, 0.6) is 5.75 Å². The molecule has 1 saturated heterocycles. The van der Waals surface area contributed by atoms with Gasteiger partial charge < -0.3 is 14.5 Å². The molecule has 2 rings (SSSR count). The third-order valence-corrected chi connectivity index (χ3v) is 4.86. The summed E-state index contributed by atoms with van der Waals surface area (Å²) in [6.07, 6.45) is 1.43. The summed E-state index contributed by atoms with van der Waals surface area (Å²) in [5.41, 5.74) is 2.60. The van der Waals surface area contributed by atoms with Crippen molar-refractivity contribution in [2.45, 2.75) is 52.9 Å². The number of amides is 2. The molecule has 0 spiro atoms. The quantitative estimate of drug-likeness (QED) is 0.827. The number of carbonyl (C=O) groups is 2. The van der Waals surface area contributed by atoms with Crippen LogP contribution in [-0.4, -0.2) is 54.9 Å². The Labute approximate surface area is 157 Å². The first-order valence-electron chi connectivity index (χ1n) is 9.45. The van der Waals surface area contributed by atoms with Crippen molar-refractivity contribution in [1.82, 2.24) is 9.80 Å². The Morgan fingerprint density at radius 3 is 2.15 bits per heavy atom. The highest BCUT2D eigenvalue weighted by Crippen LogP contribution is 2.35. The molecule has 0 unspecified atom stereocenters. The lowest BCUT2D eigenvalue weighted by Crippen LogP contribution is -2.50. The zero-order chi connectivity index (χ0) is 19.5. The standard InChI is InChI=1S/C21H32N2O3/c1-7-8-18(24)22-9-11-23(12-10-22)20(25)16-13-15(2)14-17(19(16)26-6)21(3,4)5/h13-14H,7-12H2,1-6H3. The SMILES string of the molecule is CCCC(=O)N1CCN(C(=O)c2cc(C)cc(C(C)(C)C)c2OC)CC1. The molecule has 0 saturated carbocycles. The highest BCUT2D eigenvalue weighted by atomic mass is 16.5. The van der Waals surface area contributed by atoms with E-state index in [0.29, 0.717) is 43.9 Å². The number of ether oxygens (including phenoxy) is 1. The van der Waals surface area contributed by atoms with Crippen LogP contribution in [0.3, 0.4) is 0 Å². The van der Waals surface area contributed by atoms with Crippen LogP contribution in [-0.2, 0) is 10.2 Å². The minimum Gasteiger partial charge on any atom is -0.496 e. The van der Waals surface area contributed by atoms with E-state index in [-0.39, 0.29) is 17.2 Å². The second-order valence-corrected chi connectivity index (χ2v) is 8.07. The van der Waals surface area contributed by atoms with Crippen LogP contribution >= 0.6 is 0 Å². The van der Waals surface area contributed by atoms with Crippen LogP contribution < -0.4 is 4.74 Å². The van der Waals surface area contributed by atoms with Crippen molar-refractivity contribution in [1.29, 1.82) is 0 Å². The van der Waals surface area contributed by atoms with E-state index in [9.17, 15) is 9.59 Å². The molecule has 2 amide bonds. The van der Waals surface area contributed by atoms with Crippen molar-refractivity contribution in [3.63, 3.8) is 0 Å². The second-order valence-electron chi connectivity index (χ2n) is 8.07. The maximum atomic E-state index is 13.2. The molecule has 0 radical (unpaired) electrons. The number of hydrogen-bond donors (Lipinski definition) is 0. The zero-order valence-electron chi connectivity index (χ0n) is 17.0. The lowest BCUT2D eigenvalue weighted by atomic mass is 9.84. The van der Waals surface area contributed by atoms with Crippen molar-refractivity contribution < 1.29 is 14.3 Å². The molecule has 0 atom stereocenters. The van der Waals surface area contributed by atoms with Gasteiger partial charge in [-0.15, -0.1) is 0 Å². The van der Waals surface area contributed by atoms with Crippen LogP contribution in [0.2, 0.25) is 0 Å². The third kappa shape index (κ3) is 4.37. The summed E-state index contributed by atoms with van der Waals surface area (Å²) in [4.78, 5) is 28.9. The molecule has 5 nitrogen and oxygen atoms in total. The molecule has 1 fully saturated rings. The fourth-order valence-electron chi connectivity index (χ4n) is 3.41. The molecule has 1 aliphatic rings. The van der Waals surface area contributed by atoms with Crippen LogP contribution in [0.15, 0.2) is 12.1 Å². The fraction of sp³-hybridized carbons (Fsp3) is 0.619. The fourth-order valence-corrected chi connectivity index (χ4v) is 3.41. The predicted octanol–water partition coefficient (Wildman–Crippen LogP) is 3.39. The average Bonchev–Trinajstić information content (AvgIpc) is 2.60. The second kappa shape index (κ2) is 8.11. The first-order chi connectivity index (χ1) is 12.2. The highest BCUT2D eigenvalue weighted by molar-refractivity contribution is 5.98. The van der Waals surface area contributed by atoms with Crippen LogP contribution in [0.1, 0.15) is 62.0 Å². The van der Waals surface area contributed by atoms with Gasteiger partial charge in [0.15, 0.2) is 0 Å². The van der Waals surface area contributed by atoms with Gasteiger partial charge in [0.25, 0.3) is 5.91 Å². The summed E-state index contributed by atoms with van der Waals surface area (Å²) in [5, 5.41) is 0. The lowest BCUT2D eigenvalue weighted by Gasteiger charge is -2.35. The summed E-state index contributed by atoms with van der Waals surface area (Å²) in [7, 11) is 1.62. The lowest BCUT2D eigenvalue weighted by molar-refractivity contribution is -0.132. The number of rotatable bonds is 4. The summed E-state index contributed by atoms with van der Waals surface area (Å²) in [6, 6.07) is 4.00. The Hall–Kier alpha value is -2.04. The molecule has 5 heteroatoms. The Morgan fingerprint density at radius 2 is 1.65 bits per heavy atom. The Kier molecular flexibility index (Phi) is 6.32. The predicted molar refractivity (Wildman–Crippen MR) is 104 cm³/mol.